The number of Topliss-reactive ketones (excluding diaryl/α,β-unsaturated/α-hetero) is 4. The molecule has 4 aromatic carbocycles. The van der Waals surface area contributed by atoms with Gasteiger partial charge >= 0.3 is 0 Å². The van der Waals surface area contributed by atoms with Crippen LogP contribution in [0.25, 0.3) is 0 Å². The first-order chi connectivity index (χ1) is 71.8. The number of halogens is 2. The quantitative estimate of drug-likeness (QED) is 0.0306. The van der Waals surface area contributed by atoms with Crippen molar-refractivity contribution >= 4 is 179 Å². The predicted octanol–water partition coefficient (Wildman–Crippen LogP) is 16.4. The van der Waals surface area contributed by atoms with Crippen LogP contribution in [0.1, 0.15) is 201 Å². The lowest BCUT2D eigenvalue weighted by Crippen LogP contribution is -2.20. The van der Waals surface area contributed by atoms with Crippen LogP contribution < -0.4 is 48.4 Å². The van der Waals surface area contributed by atoms with E-state index in [0.29, 0.717) is 45.7 Å². The molecule has 0 saturated heterocycles. The number of fused-ring (bicyclic) bond motifs is 2. The average molecular weight is 1850 g/mol. The van der Waals surface area contributed by atoms with Crippen molar-refractivity contribution < 1.29 is 154 Å². The van der Waals surface area contributed by atoms with Gasteiger partial charge in [0.2, 0.25) is 25.3 Å². The molecule has 118 heavy (non-hydrogen) atoms. The van der Waals surface area contributed by atoms with Crippen LogP contribution in [0.2, 0.25) is 15.7 Å². The molecule has 620 valence electrons. The largest absolute Gasteiger partial charge is 0.454 e. The highest BCUT2D eigenvalue weighted by molar-refractivity contribution is 7.94. The molecular weight excluding hydrogens is 1730 g/mol. The molecule has 2 aliphatic rings. The second-order valence-electron chi connectivity index (χ2n) is 23.3. The number of ether oxygens (including phenoxy) is 4. The van der Waals surface area contributed by atoms with Gasteiger partial charge in [-0.25, -0.2) is 52.5 Å². The van der Waals surface area contributed by atoms with E-state index in [9.17, 15) is 62.4 Å². The van der Waals surface area contributed by atoms with Gasteiger partial charge in [0.15, 0.2) is 51.8 Å². The second kappa shape index (κ2) is 35.6. The highest BCUT2D eigenvalue weighted by Gasteiger charge is 2.34. The molecule has 0 saturated carbocycles. The molecule has 42 heteroatoms. The lowest BCUT2D eigenvalue weighted by atomic mass is 10.0. The maximum absolute atomic E-state index is 13.7. The van der Waals surface area contributed by atoms with E-state index in [0.717, 1.165) is 46.4 Å². The zero-order valence-electron chi connectivity index (χ0n) is 99.1. The fourth-order valence-electron chi connectivity index (χ4n) is 9.72. The van der Waals surface area contributed by atoms with Gasteiger partial charge in [-0.05, 0) is 223 Å². The van der Waals surface area contributed by atoms with E-state index in [1.165, 1.54) is 48.0 Å². The fourth-order valence-corrected chi connectivity index (χ4v) is 19.3. The molecule has 0 spiro atoms. The first-order valence-corrected chi connectivity index (χ1v) is 41.7. The Labute approximate surface area is 758 Å². The fraction of sp³-hybridized carbons (Fsp3) is 0.237. The van der Waals surface area contributed by atoms with E-state index >= 15 is 0 Å². The number of hydrogen-bond donors (Lipinski definition) is 6. The summed E-state index contributed by atoms with van der Waals surface area (Å²) in [5, 5.41) is 17.4. The highest BCUT2D eigenvalue weighted by atomic mass is 35.5. The minimum atomic E-state index is -5.49. The molecule has 0 bridgehead atoms. The van der Waals surface area contributed by atoms with Crippen LogP contribution >= 0.6 is 68.5 Å². The van der Waals surface area contributed by atoms with Crippen LogP contribution in [0, 0.1) is 82.5 Å². The summed E-state index contributed by atoms with van der Waals surface area (Å²) < 4.78 is 460. The molecule has 8 aromatic heterocycles. The predicted molar refractivity (Wildman–Crippen MR) is 443 cm³/mol. The molecule has 0 fully saturated rings. The first-order valence-electron chi connectivity index (χ1n) is 51.4. The Hall–Kier alpha value is -11.1. The summed E-state index contributed by atoms with van der Waals surface area (Å²) >= 11 is 14.4. The zero-order chi connectivity index (χ0) is 120. The molecular formula is C76H72Cl2N10O22S8. The van der Waals surface area contributed by atoms with Gasteiger partial charge in [-0.1, -0.05) is 55.9 Å². The molecule has 10 heterocycles. The van der Waals surface area contributed by atoms with E-state index < -0.39 is 283 Å². The van der Waals surface area contributed by atoms with Gasteiger partial charge in [0, 0.05) is 76.2 Å². The molecule has 2 aliphatic heterocycles. The molecule has 0 unspecified atom stereocenters. The standard InChI is InChI=1S/2C20H21N3O5S2.2C18H15ClN2O6S2/c2*1-10-8-11(2)17(15(9-10)14(5)24)21-19(25)18-16(6-7-29-18)30(26,27)23-20-12(3)13(4)22-28-20;2*1-9-5-13-14(26-8-25-13)7-11(9)6-12(22)17-15(3-4-28-17)29(23,24)21-18-16(19)10(2)20-27-18/h2*6-9,23H,1-5H3,(H,21,25);2*3-5,7,21H,6,8H2,1-2H3/i1D3,2D3,3D3,4D3,5D3,8D,9D;1D3,2D3,4D3,5D3,8D,9D;8D2;1D3/hD4. The molecule has 0 atom stereocenters. The number of nitrogens with one attached hydrogen (secondary N) is 6. The minimum absolute atomic E-state index is 0.000593. The molecule has 12 aromatic rings. The summed E-state index contributed by atoms with van der Waals surface area (Å²) in [5.74, 6) is -10.6. The van der Waals surface area contributed by atoms with Crippen molar-refractivity contribution in [2.24, 2.45) is 0 Å². The Balaban J connectivity index is 0.000000202. The van der Waals surface area contributed by atoms with E-state index in [4.69, 9.17) is 111 Å². The van der Waals surface area contributed by atoms with Crippen LogP contribution in [-0.4, -0.2) is 103 Å². The molecule has 14 rings (SSSR count). The number of amides is 2. The van der Waals surface area contributed by atoms with Crippen LogP contribution in [0.15, 0.2) is 132 Å². The monoisotopic (exact) mass is 1840 g/mol. The van der Waals surface area contributed by atoms with Crippen molar-refractivity contribution in [3.8, 4) is 23.0 Å². The zero-order valence-corrected chi connectivity index (χ0v) is 67.2. The number of sulfonamides is 4. The van der Waals surface area contributed by atoms with E-state index in [2.05, 4.69) is 34.6 Å². The molecule has 2 amide bonds. The SMILES string of the molecule is [2H]C([2H])([2H])c1cc2c(cc1CC(=O)c1sccc1S(=O)(=O)Nc1onc(C)c1Cl)OCO2.[2H]C1([2H])Oc2cc(C)c(CC(=O)c3sccc3S(=O)(=O)Nc3onc(C)c3Cl)cc2O1.[2H]c1c(C(=O)C([2H])([2H])[2H])c(N([2H])C(=O)c2sccc2S(=O)(=O)N([2H])c2onc(C([2H])([2H])[2H])c2C([2H])([2H])[2H])c(C([2H])([2H])[2H])c([2H])c1C([2H])([2H])[2H].[2H]c1c(C(=O)C([2H])([2H])[2H])c(N([2H])C(=O)c2sccc2S(=O)(=O)N([2H])c2onc(C([2H])([2H])[2H])c2C)c(C([2H])([2H])[2H])c([2H])c1C([2H])([2H])[2H]. The summed E-state index contributed by atoms with van der Waals surface area (Å²) in [6, 6.07) is 3.96. The number of carbonyl (C=O) groups is 6. The van der Waals surface area contributed by atoms with Crippen LogP contribution in [0.5, 0.6) is 23.0 Å². The third kappa shape index (κ3) is 19.5. The maximum Gasteiger partial charge on any atom is 0.267 e. The smallest absolute Gasteiger partial charge is 0.267 e. The topological polar surface area (TPSA) is 452 Å². The number of thiophene rings is 4. The van der Waals surface area contributed by atoms with Crippen LogP contribution in [-0.2, 0) is 52.9 Å². The number of anilines is 6. The summed E-state index contributed by atoms with van der Waals surface area (Å²) in [6.45, 7) is -30.1. The number of rotatable bonds is 24. The number of hydrogen-bond acceptors (Lipinski definition) is 30. The number of benzene rings is 4. The summed E-state index contributed by atoms with van der Waals surface area (Å²) in [7, 11) is -19.1. The third-order valence-corrected chi connectivity index (χ3v) is 25.9. The molecule has 32 nitrogen and oxygen atoms in total. The maximum atomic E-state index is 13.7. The molecule has 6 N–H and O–H groups in total. The van der Waals surface area contributed by atoms with Gasteiger partial charge in [0.25, 0.3) is 63.7 Å². The highest BCUT2D eigenvalue weighted by Crippen LogP contribution is 2.40. The summed E-state index contributed by atoms with van der Waals surface area (Å²) in [6.07, 6.45) is -0.466. The van der Waals surface area contributed by atoms with Gasteiger partial charge in [-0.3, -0.25) is 28.8 Å². The number of ketones is 4. The average Bonchev–Trinajstić information content (AvgIpc) is 1.13. The summed E-state index contributed by atoms with van der Waals surface area (Å²) in [4.78, 5) is 74.8. The van der Waals surface area contributed by atoms with Crippen molar-refractivity contribution in [2.75, 3.05) is 43.0 Å². The molecule has 0 aliphatic carbocycles. The Kier molecular flexibility index (Phi) is 14.7. The number of aryl methyl sites for hydroxylation is 6. The lowest BCUT2D eigenvalue weighted by molar-refractivity contribution is 0.0985. The van der Waals surface area contributed by atoms with E-state index in [1.807, 2.05) is 0 Å². The number of aromatic nitrogens is 4. The van der Waals surface area contributed by atoms with Gasteiger partial charge in [0.05, 0.1) is 38.0 Å². The number of nitrogens with zero attached hydrogens (tertiary/aromatic N) is 4. The van der Waals surface area contributed by atoms with Crippen molar-refractivity contribution in [2.45, 2.75) is 129 Å². The van der Waals surface area contributed by atoms with Crippen LogP contribution in [0.4, 0.5) is 34.9 Å². The normalized spacial score (nSPS) is 18.6. The van der Waals surface area contributed by atoms with Gasteiger partial charge in [-0.2, -0.15) is 0 Å². The Morgan fingerprint density at radius 3 is 1.25 bits per heavy atom. The third-order valence-electron chi connectivity index (χ3n) is 15.4. The molecule has 0 radical (unpaired) electrons. The summed E-state index contributed by atoms with van der Waals surface area (Å²) in [5.41, 5.74) is -13.4. The Morgan fingerprint density at radius 2 is 0.839 bits per heavy atom. The van der Waals surface area contributed by atoms with Crippen molar-refractivity contribution in [3.63, 3.8) is 0 Å². The lowest BCUT2D eigenvalue weighted by Gasteiger charge is -2.14. The van der Waals surface area contributed by atoms with Gasteiger partial charge < -0.3 is 47.7 Å². The van der Waals surface area contributed by atoms with Crippen molar-refractivity contribution in [1.29, 1.82) is 0 Å². The Morgan fingerprint density at radius 1 is 0.458 bits per heavy atom. The minimum Gasteiger partial charge on any atom is -0.454 e. The van der Waals surface area contributed by atoms with E-state index in [1.54, 1.807) is 19.9 Å². The van der Waals surface area contributed by atoms with Gasteiger partial charge in [-0.15, -0.1) is 45.3 Å². The van der Waals surface area contributed by atoms with Crippen molar-refractivity contribution in [3.05, 3.63) is 213 Å². The van der Waals surface area contributed by atoms with Crippen molar-refractivity contribution in [1.82, 2.24) is 20.6 Å². The van der Waals surface area contributed by atoms with Gasteiger partial charge in [0.1, 0.15) is 53.5 Å². The second-order valence-corrected chi connectivity index (χ2v) is 34.2. The van der Waals surface area contributed by atoms with Crippen LogP contribution in [0.3, 0.4) is 0 Å². The number of carbonyl (C=O) groups excluding carboxylic acids is 6. The Bertz CT molecular complexity index is 8240. The van der Waals surface area contributed by atoms with E-state index in [-0.39, 0.29) is 111 Å². The first kappa shape index (κ1) is 48.7.